The maximum atomic E-state index is 13.6. The average Bonchev–Trinajstić information content (AvgIpc) is 2.71. The molecule has 1 heterocycles. The molecule has 0 saturated carbocycles. The van der Waals surface area contributed by atoms with Gasteiger partial charge in [0.05, 0.1) is 12.2 Å². The van der Waals surface area contributed by atoms with Crippen LogP contribution in [0.5, 0.6) is 11.5 Å². The zero-order valence-electron chi connectivity index (χ0n) is 16.3. The van der Waals surface area contributed by atoms with Gasteiger partial charge in [-0.1, -0.05) is 12.1 Å². The summed E-state index contributed by atoms with van der Waals surface area (Å²) in [6.45, 7) is 3.65. The third-order valence-electron chi connectivity index (χ3n) is 4.29. The van der Waals surface area contributed by atoms with Crippen LogP contribution in [0.2, 0.25) is 0 Å². The van der Waals surface area contributed by atoms with E-state index in [0.717, 1.165) is 23.4 Å². The number of carbonyl (C=O) groups excluding carboxylic acids is 1. The first-order valence-corrected chi connectivity index (χ1v) is 9.15. The number of nitrogens with zero attached hydrogens (tertiary/aromatic N) is 1. The molecule has 3 aromatic rings. The van der Waals surface area contributed by atoms with E-state index in [2.05, 4.69) is 10.3 Å². The molecule has 154 valence electrons. The van der Waals surface area contributed by atoms with Crippen molar-refractivity contribution in [3.8, 4) is 11.5 Å². The summed E-state index contributed by atoms with van der Waals surface area (Å²) >= 11 is 0. The van der Waals surface area contributed by atoms with Crippen LogP contribution in [0.1, 0.15) is 29.8 Å². The lowest BCUT2D eigenvalue weighted by atomic mass is 10.1. The highest BCUT2D eigenvalue weighted by atomic mass is 19.2. The monoisotopic (exact) mass is 412 g/mol. The predicted octanol–water partition coefficient (Wildman–Crippen LogP) is 5.49. The third kappa shape index (κ3) is 5.47. The van der Waals surface area contributed by atoms with Gasteiger partial charge in [-0.2, -0.15) is 0 Å². The van der Waals surface area contributed by atoms with Crippen molar-refractivity contribution in [3.63, 3.8) is 0 Å². The molecular formula is C23H19F3N2O2. The maximum Gasteiger partial charge on any atom is 0.244 e. The fraction of sp³-hybridized carbons (Fsp3) is 0.130. The number of ether oxygens (including phenoxy) is 1. The number of amides is 1. The molecule has 0 aliphatic rings. The first-order valence-electron chi connectivity index (χ1n) is 9.15. The Bertz CT molecular complexity index is 1080. The summed E-state index contributed by atoms with van der Waals surface area (Å²) in [5.41, 5.74) is 1.44. The van der Waals surface area contributed by atoms with E-state index in [0.29, 0.717) is 23.6 Å². The molecule has 1 atom stereocenters. The van der Waals surface area contributed by atoms with E-state index in [9.17, 15) is 18.0 Å². The first-order chi connectivity index (χ1) is 14.3. The Labute approximate surface area is 172 Å². The lowest BCUT2D eigenvalue weighted by molar-refractivity contribution is -0.117. The van der Waals surface area contributed by atoms with Crippen molar-refractivity contribution in [2.75, 3.05) is 0 Å². The number of aryl methyl sites for hydroxylation is 1. The van der Waals surface area contributed by atoms with Gasteiger partial charge < -0.3 is 10.1 Å². The molecular weight excluding hydrogens is 393 g/mol. The number of carbonyl (C=O) groups is 1. The number of pyridine rings is 1. The number of hydrogen-bond acceptors (Lipinski definition) is 3. The van der Waals surface area contributed by atoms with Crippen LogP contribution in [0.4, 0.5) is 13.2 Å². The Balaban J connectivity index is 1.65. The lowest BCUT2D eigenvalue weighted by Crippen LogP contribution is -2.24. The summed E-state index contributed by atoms with van der Waals surface area (Å²) in [5.74, 6) is -2.77. The van der Waals surface area contributed by atoms with Crippen LogP contribution in [0.3, 0.4) is 0 Å². The molecule has 0 fully saturated rings. The fourth-order valence-corrected chi connectivity index (χ4v) is 2.67. The summed E-state index contributed by atoms with van der Waals surface area (Å²) in [6.07, 6.45) is 3.77. The van der Waals surface area contributed by atoms with E-state index in [-0.39, 0.29) is 11.6 Å². The number of rotatable bonds is 6. The molecule has 1 amide bonds. The van der Waals surface area contributed by atoms with Gasteiger partial charge in [0, 0.05) is 23.4 Å². The van der Waals surface area contributed by atoms with Gasteiger partial charge in [-0.3, -0.25) is 9.78 Å². The van der Waals surface area contributed by atoms with E-state index >= 15 is 0 Å². The quantitative estimate of drug-likeness (QED) is 0.430. The van der Waals surface area contributed by atoms with Gasteiger partial charge in [0.25, 0.3) is 0 Å². The number of nitrogens with one attached hydrogen (secondary N) is 1. The third-order valence-corrected chi connectivity index (χ3v) is 4.29. The highest BCUT2D eigenvalue weighted by Gasteiger charge is 2.11. The van der Waals surface area contributed by atoms with Gasteiger partial charge in [-0.25, -0.2) is 13.2 Å². The van der Waals surface area contributed by atoms with Crippen molar-refractivity contribution >= 4 is 12.0 Å². The van der Waals surface area contributed by atoms with Crippen molar-refractivity contribution in [1.29, 1.82) is 0 Å². The standard InChI is InChI=1S/C23H19F3N2O2/c1-14-6-8-19(13-27-14)30-18-5-3-4-16(10-18)15(2)28-23(29)9-7-17-11-21(25)22(26)12-20(17)24/h3-13,15H,1-2H3,(H,28,29)/t15-/m0/s1. The zero-order valence-corrected chi connectivity index (χ0v) is 16.3. The van der Waals surface area contributed by atoms with Gasteiger partial charge in [0.1, 0.15) is 17.3 Å². The number of aromatic nitrogens is 1. The Morgan fingerprint density at radius 1 is 1.03 bits per heavy atom. The minimum Gasteiger partial charge on any atom is -0.456 e. The Morgan fingerprint density at radius 3 is 2.53 bits per heavy atom. The molecule has 0 aliphatic heterocycles. The summed E-state index contributed by atoms with van der Waals surface area (Å²) in [4.78, 5) is 16.3. The number of benzene rings is 2. The predicted molar refractivity (Wildman–Crippen MR) is 107 cm³/mol. The molecule has 0 bridgehead atoms. The topological polar surface area (TPSA) is 51.2 Å². The summed E-state index contributed by atoms with van der Waals surface area (Å²) in [5, 5.41) is 2.73. The van der Waals surface area contributed by atoms with Gasteiger partial charge in [-0.15, -0.1) is 0 Å². The van der Waals surface area contributed by atoms with Crippen LogP contribution in [0.15, 0.2) is 60.8 Å². The van der Waals surface area contributed by atoms with Gasteiger partial charge in [0.2, 0.25) is 5.91 Å². The summed E-state index contributed by atoms with van der Waals surface area (Å²) in [7, 11) is 0. The molecule has 30 heavy (non-hydrogen) atoms. The summed E-state index contributed by atoms with van der Waals surface area (Å²) in [6, 6.07) is 11.6. The Morgan fingerprint density at radius 2 is 1.80 bits per heavy atom. The van der Waals surface area contributed by atoms with Gasteiger partial charge >= 0.3 is 0 Å². The minimum atomic E-state index is -1.29. The molecule has 4 nitrogen and oxygen atoms in total. The van der Waals surface area contributed by atoms with Crippen molar-refractivity contribution in [1.82, 2.24) is 10.3 Å². The van der Waals surface area contributed by atoms with Crippen molar-refractivity contribution in [2.45, 2.75) is 19.9 Å². The van der Waals surface area contributed by atoms with Crippen LogP contribution in [0, 0.1) is 24.4 Å². The second-order valence-corrected chi connectivity index (χ2v) is 6.66. The van der Waals surface area contributed by atoms with Crippen molar-refractivity contribution < 1.29 is 22.7 Å². The Hall–Kier alpha value is -3.61. The van der Waals surface area contributed by atoms with Crippen LogP contribution < -0.4 is 10.1 Å². The van der Waals surface area contributed by atoms with Crippen LogP contribution in [0.25, 0.3) is 6.08 Å². The molecule has 1 aromatic heterocycles. The largest absolute Gasteiger partial charge is 0.456 e. The molecule has 3 rings (SSSR count). The average molecular weight is 412 g/mol. The van der Waals surface area contributed by atoms with E-state index in [4.69, 9.17) is 4.74 Å². The maximum absolute atomic E-state index is 13.6. The normalized spacial score (nSPS) is 12.0. The molecule has 2 aromatic carbocycles. The molecule has 0 saturated heterocycles. The fourth-order valence-electron chi connectivity index (χ4n) is 2.67. The van der Waals surface area contributed by atoms with E-state index in [1.54, 1.807) is 31.3 Å². The van der Waals surface area contributed by atoms with Crippen LogP contribution >= 0.6 is 0 Å². The highest BCUT2D eigenvalue weighted by molar-refractivity contribution is 5.92. The second kappa shape index (κ2) is 9.26. The van der Waals surface area contributed by atoms with Crippen molar-refractivity contribution in [2.24, 2.45) is 0 Å². The minimum absolute atomic E-state index is 0.223. The smallest absolute Gasteiger partial charge is 0.244 e. The first kappa shape index (κ1) is 21.1. The lowest BCUT2D eigenvalue weighted by Gasteiger charge is -2.14. The number of hydrogen-bond donors (Lipinski definition) is 1. The molecule has 0 aliphatic carbocycles. The van der Waals surface area contributed by atoms with Crippen LogP contribution in [-0.2, 0) is 4.79 Å². The molecule has 1 N–H and O–H groups in total. The SMILES string of the molecule is Cc1ccc(Oc2cccc([C@H](C)NC(=O)C=Cc3cc(F)c(F)cc3F)c2)cn1. The van der Waals surface area contributed by atoms with Crippen molar-refractivity contribution in [3.05, 3.63) is 95.1 Å². The van der Waals surface area contributed by atoms with E-state index in [1.807, 2.05) is 25.1 Å². The van der Waals surface area contributed by atoms with Gasteiger partial charge in [-0.05, 0) is 55.8 Å². The van der Waals surface area contributed by atoms with Gasteiger partial charge in [0.15, 0.2) is 11.6 Å². The molecule has 0 spiro atoms. The number of halogens is 3. The van der Waals surface area contributed by atoms with E-state index in [1.165, 1.54) is 0 Å². The Kier molecular flexibility index (Phi) is 6.51. The molecule has 0 radical (unpaired) electrons. The molecule has 0 unspecified atom stereocenters. The molecule has 7 heteroatoms. The highest BCUT2D eigenvalue weighted by Crippen LogP contribution is 2.24. The van der Waals surface area contributed by atoms with E-state index < -0.39 is 23.4 Å². The zero-order chi connectivity index (χ0) is 21.7. The van der Waals surface area contributed by atoms with Crippen LogP contribution in [-0.4, -0.2) is 10.9 Å². The summed E-state index contributed by atoms with van der Waals surface area (Å²) < 4.78 is 45.6. The second-order valence-electron chi connectivity index (χ2n) is 6.66.